The van der Waals surface area contributed by atoms with Crippen LogP contribution < -0.4 is 0 Å². The maximum absolute atomic E-state index is 9.72. The second kappa shape index (κ2) is 3.89. The van der Waals surface area contributed by atoms with Crippen molar-refractivity contribution in [3.63, 3.8) is 0 Å². The molecule has 1 heterocycles. The van der Waals surface area contributed by atoms with Crippen molar-refractivity contribution in [1.82, 2.24) is 0 Å². The zero-order valence-electron chi connectivity index (χ0n) is 7.80. The normalized spacial score (nSPS) is 46.4. The topological polar surface area (TPSA) is 79.2 Å². The molecule has 1 unspecified atom stereocenters. The van der Waals surface area contributed by atoms with Crippen molar-refractivity contribution in [2.24, 2.45) is 0 Å². The number of aliphatic hydroxyl groups excluding tert-OH is 2. The first-order valence-electron chi connectivity index (χ1n) is 4.21. The highest BCUT2D eigenvalue weighted by molar-refractivity contribution is 4.92. The van der Waals surface area contributed by atoms with Gasteiger partial charge in [-0.25, -0.2) is 0 Å². The fourth-order valence-electron chi connectivity index (χ4n) is 1.46. The molecule has 0 aromatic rings. The van der Waals surface area contributed by atoms with Gasteiger partial charge in [-0.05, 0) is 6.92 Å². The van der Waals surface area contributed by atoms with E-state index in [-0.39, 0.29) is 13.0 Å². The fraction of sp³-hybridized carbons (Fsp3) is 1.00. The van der Waals surface area contributed by atoms with Crippen LogP contribution in [0.4, 0.5) is 0 Å². The molecule has 78 valence electrons. The number of rotatable bonds is 2. The predicted molar refractivity (Wildman–Crippen MR) is 44.0 cm³/mol. The minimum Gasteiger partial charge on any atom is -0.394 e. The van der Waals surface area contributed by atoms with Crippen LogP contribution in [-0.2, 0) is 9.47 Å². The van der Waals surface area contributed by atoms with Gasteiger partial charge in [-0.3, -0.25) is 0 Å². The summed E-state index contributed by atoms with van der Waals surface area (Å²) in [5.74, 6) is 0. The third-order valence-corrected chi connectivity index (χ3v) is 2.34. The lowest BCUT2D eigenvalue weighted by atomic mass is 9.88. The van der Waals surface area contributed by atoms with Crippen molar-refractivity contribution in [2.45, 2.75) is 37.4 Å². The number of aliphatic hydroxyl groups is 3. The lowest BCUT2D eigenvalue weighted by Gasteiger charge is -2.41. The first-order chi connectivity index (χ1) is 6.01. The van der Waals surface area contributed by atoms with Gasteiger partial charge in [0.1, 0.15) is 12.2 Å². The van der Waals surface area contributed by atoms with Gasteiger partial charge in [0.15, 0.2) is 6.29 Å². The first kappa shape index (κ1) is 10.9. The molecule has 1 rings (SSSR count). The van der Waals surface area contributed by atoms with Crippen LogP contribution >= 0.6 is 0 Å². The van der Waals surface area contributed by atoms with Crippen LogP contribution in [0.3, 0.4) is 0 Å². The van der Waals surface area contributed by atoms with Gasteiger partial charge in [-0.15, -0.1) is 0 Å². The van der Waals surface area contributed by atoms with Gasteiger partial charge in [-0.2, -0.15) is 0 Å². The van der Waals surface area contributed by atoms with E-state index in [1.165, 1.54) is 14.0 Å². The highest BCUT2D eigenvalue weighted by atomic mass is 16.7. The van der Waals surface area contributed by atoms with Gasteiger partial charge in [-0.1, -0.05) is 0 Å². The van der Waals surface area contributed by atoms with Crippen molar-refractivity contribution in [1.29, 1.82) is 0 Å². The first-order valence-corrected chi connectivity index (χ1v) is 4.21. The van der Waals surface area contributed by atoms with Crippen LogP contribution in [0.1, 0.15) is 13.3 Å². The Morgan fingerprint density at radius 2 is 2.23 bits per heavy atom. The Hall–Kier alpha value is -0.200. The van der Waals surface area contributed by atoms with Crippen LogP contribution in [0.2, 0.25) is 0 Å². The molecule has 0 aromatic carbocycles. The standard InChI is InChI=1S/C8H16O5/c1-8(11)3-6(12-2)13-5(4-9)7(8)10/h5-7,9-11H,3-4H2,1-2H3/t5-,6+,7-,8?/m1/s1. The van der Waals surface area contributed by atoms with E-state index in [1.54, 1.807) is 0 Å². The van der Waals surface area contributed by atoms with E-state index in [9.17, 15) is 10.2 Å². The molecular weight excluding hydrogens is 176 g/mol. The van der Waals surface area contributed by atoms with Gasteiger partial charge in [0.05, 0.1) is 12.2 Å². The quantitative estimate of drug-likeness (QED) is 0.515. The summed E-state index contributed by atoms with van der Waals surface area (Å²) >= 11 is 0. The summed E-state index contributed by atoms with van der Waals surface area (Å²) in [6, 6.07) is 0. The third-order valence-electron chi connectivity index (χ3n) is 2.34. The average molecular weight is 192 g/mol. The summed E-state index contributed by atoms with van der Waals surface area (Å²) in [5, 5.41) is 28.1. The Morgan fingerprint density at radius 3 is 2.69 bits per heavy atom. The van der Waals surface area contributed by atoms with E-state index < -0.39 is 24.1 Å². The van der Waals surface area contributed by atoms with Crippen molar-refractivity contribution in [3.8, 4) is 0 Å². The van der Waals surface area contributed by atoms with Crippen molar-refractivity contribution >= 4 is 0 Å². The molecule has 1 fully saturated rings. The third kappa shape index (κ3) is 2.18. The Balaban J connectivity index is 2.69. The van der Waals surface area contributed by atoms with E-state index in [2.05, 4.69) is 0 Å². The molecule has 0 spiro atoms. The monoisotopic (exact) mass is 192 g/mol. The lowest BCUT2D eigenvalue weighted by Crippen LogP contribution is -2.57. The van der Waals surface area contributed by atoms with Crippen LogP contribution in [0, 0.1) is 0 Å². The van der Waals surface area contributed by atoms with Gasteiger partial charge in [0, 0.05) is 13.5 Å². The summed E-state index contributed by atoms with van der Waals surface area (Å²) < 4.78 is 10.1. The molecular formula is C8H16O5. The van der Waals surface area contributed by atoms with Crippen molar-refractivity contribution in [2.75, 3.05) is 13.7 Å². The number of ether oxygens (including phenoxy) is 2. The Labute approximate surface area is 76.9 Å². The molecule has 5 nitrogen and oxygen atoms in total. The molecule has 13 heavy (non-hydrogen) atoms. The summed E-state index contributed by atoms with van der Waals surface area (Å²) in [5.41, 5.74) is -1.27. The summed E-state index contributed by atoms with van der Waals surface area (Å²) in [6.07, 6.45) is -2.24. The highest BCUT2D eigenvalue weighted by Crippen LogP contribution is 2.28. The molecule has 3 N–H and O–H groups in total. The zero-order valence-corrected chi connectivity index (χ0v) is 7.80. The molecule has 1 saturated heterocycles. The molecule has 4 atom stereocenters. The lowest BCUT2D eigenvalue weighted by molar-refractivity contribution is -0.275. The summed E-state index contributed by atoms with van der Waals surface area (Å²) in [7, 11) is 1.45. The number of methoxy groups -OCH3 is 1. The van der Waals surface area contributed by atoms with Crippen LogP contribution in [0.25, 0.3) is 0 Å². The molecule has 0 radical (unpaired) electrons. The summed E-state index contributed by atoms with van der Waals surface area (Å²) in [6.45, 7) is 1.16. The average Bonchev–Trinajstić information content (AvgIpc) is 2.09. The van der Waals surface area contributed by atoms with Gasteiger partial charge in [0.2, 0.25) is 0 Å². The molecule has 0 aliphatic carbocycles. The second-order valence-electron chi connectivity index (χ2n) is 3.53. The van der Waals surface area contributed by atoms with E-state index in [0.717, 1.165) is 0 Å². The minimum absolute atomic E-state index is 0.196. The zero-order chi connectivity index (χ0) is 10.1. The van der Waals surface area contributed by atoms with Crippen LogP contribution in [0.5, 0.6) is 0 Å². The Bertz CT molecular complexity index is 170. The van der Waals surface area contributed by atoms with E-state index in [0.29, 0.717) is 0 Å². The second-order valence-corrected chi connectivity index (χ2v) is 3.53. The van der Waals surface area contributed by atoms with Gasteiger partial charge >= 0.3 is 0 Å². The molecule has 0 saturated carbocycles. The molecule has 0 amide bonds. The molecule has 0 aromatic heterocycles. The predicted octanol–water partition coefficient (Wildman–Crippen LogP) is -1.15. The molecule has 0 bridgehead atoms. The van der Waals surface area contributed by atoms with Crippen LogP contribution in [-0.4, -0.2) is 53.1 Å². The number of hydrogen-bond donors (Lipinski definition) is 3. The largest absolute Gasteiger partial charge is 0.394 e. The van der Waals surface area contributed by atoms with Crippen LogP contribution in [0.15, 0.2) is 0 Å². The maximum Gasteiger partial charge on any atom is 0.160 e. The highest BCUT2D eigenvalue weighted by Gasteiger charge is 2.44. The minimum atomic E-state index is -1.27. The van der Waals surface area contributed by atoms with E-state index >= 15 is 0 Å². The van der Waals surface area contributed by atoms with E-state index in [1.807, 2.05) is 0 Å². The molecule has 1 aliphatic heterocycles. The molecule has 1 aliphatic rings. The van der Waals surface area contributed by atoms with Gasteiger partial charge < -0.3 is 24.8 Å². The summed E-state index contributed by atoms with van der Waals surface area (Å²) in [4.78, 5) is 0. The van der Waals surface area contributed by atoms with Crippen molar-refractivity contribution < 1.29 is 24.8 Å². The van der Waals surface area contributed by atoms with E-state index in [4.69, 9.17) is 14.6 Å². The van der Waals surface area contributed by atoms with Crippen molar-refractivity contribution in [3.05, 3.63) is 0 Å². The maximum atomic E-state index is 9.72. The Kier molecular flexibility index (Phi) is 3.26. The smallest absolute Gasteiger partial charge is 0.160 e. The van der Waals surface area contributed by atoms with Gasteiger partial charge in [0.25, 0.3) is 0 Å². The molecule has 5 heteroatoms. The fourth-order valence-corrected chi connectivity index (χ4v) is 1.46. The number of hydrogen-bond acceptors (Lipinski definition) is 5. The Morgan fingerprint density at radius 1 is 1.62 bits per heavy atom. The SMILES string of the molecule is CO[C@@H]1CC(C)(O)[C@H](O)[C@@H](CO)O1.